The summed E-state index contributed by atoms with van der Waals surface area (Å²) in [7, 11) is 0. The van der Waals surface area contributed by atoms with E-state index in [4.69, 9.17) is 9.84 Å². The molecule has 3 N–H and O–H groups in total. The normalized spacial score (nSPS) is 18.8. The number of fused-ring (bicyclic) bond motifs is 3. The maximum Gasteiger partial charge on any atom is 0.407 e. The predicted molar refractivity (Wildman–Crippen MR) is 130 cm³/mol. The molecule has 35 heavy (non-hydrogen) atoms. The minimum Gasteiger partial charge on any atom is -0.476 e. The van der Waals surface area contributed by atoms with Crippen molar-refractivity contribution >= 4 is 29.3 Å². The quantitative estimate of drug-likeness (QED) is 0.435. The van der Waals surface area contributed by atoms with Crippen molar-refractivity contribution in [2.75, 3.05) is 13.2 Å². The number of benzene rings is 2. The third kappa shape index (κ3) is 4.77. The number of carboxylic acid groups (broad SMARTS) is 1. The van der Waals surface area contributed by atoms with Crippen LogP contribution in [0, 0.1) is 11.8 Å². The molecular formula is C26H25N3O5S. The SMILES string of the molecule is CC(NC(=O)C1CC1CNC(=O)OCC1c2ccccc2-c2ccccc21)c1nc(C(=O)O)cs1. The van der Waals surface area contributed by atoms with E-state index in [1.807, 2.05) is 24.3 Å². The monoisotopic (exact) mass is 491 g/mol. The Morgan fingerprint density at radius 3 is 2.40 bits per heavy atom. The number of aromatic nitrogens is 1. The number of nitrogens with zero attached hydrogens (tertiary/aromatic N) is 1. The third-order valence-electron chi connectivity index (χ3n) is 6.58. The van der Waals surface area contributed by atoms with Crippen molar-refractivity contribution in [1.29, 1.82) is 0 Å². The highest BCUT2D eigenvalue weighted by Crippen LogP contribution is 2.44. The van der Waals surface area contributed by atoms with Crippen LogP contribution in [-0.4, -0.2) is 41.2 Å². The number of hydrogen-bond donors (Lipinski definition) is 3. The first-order valence-electron chi connectivity index (χ1n) is 11.5. The first kappa shape index (κ1) is 23.0. The zero-order valence-electron chi connectivity index (χ0n) is 19.1. The largest absolute Gasteiger partial charge is 0.476 e. The molecule has 9 heteroatoms. The van der Waals surface area contributed by atoms with Crippen LogP contribution >= 0.6 is 11.3 Å². The van der Waals surface area contributed by atoms with Crippen molar-refractivity contribution < 1.29 is 24.2 Å². The van der Waals surface area contributed by atoms with E-state index < -0.39 is 12.1 Å². The molecule has 3 aromatic rings. The van der Waals surface area contributed by atoms with Crippen molar-refractivity contribution in [2.45, 2.75) is 25.3 Å². The predicted octanol–water partition coefficient (Wildman–Crippen LogP) is 4.19. The maximum absolute atomic E-state index is 12.5. The van der Waals surface area contributed by atoms with Crippen LogP contribution in [0.3, 0.4) is 0 Å². The Kier molecular flexibility index (Phi) is 6.25. The van der Waals surface area contributed by atoms with Gasteiger partial charge >= 0.3 is 12.1 Å². The van der Waals surface area contributed by atoms with Crippen LogP contribution < -0.4 is 10.6 Å². The lowest BCUT2D eigenvalue weighted by Crippen LogP contribution is -2.31. The first-order valence-corrected chi connectivity index (χ1v) is 12.4. The highest BCUT2D eigenvalue weighted by Gasteiger charge is 2.43. The van der Waals surface area contributed by atoms with Crippen LogP contribution in [0.5, 0.6) is 0 Å². The molecule has 8 nitrogen and oxygen atoms in total. The van der Waals surface area contributed by atoms with E-state index in [1.165, 1.54) is 27.8 Å². The average molecular weight is 492 g/mol. The Balaban J connectivity index is 1.08. The van der Waals surface area contributed by atoms with Gasteiger partial charge in [0, 0.05) is 23.8 Å². The molecule has 0 aliphatic heterocycles. The van der Waals surface area contributed by atoms with E-state index in [2.05, 4.69) is 39.9 Å². The number of aromatic carboxylic acids is 1. The number of rotatable bonds is 8. The van der Waals surface area contributed by atoms with Crippen LogP contribution in [-0.2, 0) is 9.53 Å². The Hall–Kier alpha value is -3.72. The average Bonchev–Trinajstić information content (AvgIpc) is 3.33. The molecule has 3 atom stereocenters. The van der Waals surface area contributed by atoms with E-state index >= 15 is 0 Å². The molecule has 0 spiro atoms. The van der Waals surface area contributed by atoms with Crippen LogP contribution in [0.1, 0.15) is 51.9 Å². The van der Waals surface area contributed by atoms with Crippen molar-refractivity contribution in [3.05, 3.63) is 75.7 Å². The number of ether oxygens (including phenoxy) is 1. The van der Waals surface area contributed by atoms with Gasteiger partial charge in [-0.05, 0) is 41.5 Å². The molecule has 180 valence electrons. The van der Waals surface area contributed by atoms with Crippen LogP contribution in [0.4, 0.5) is 4.79 Å². The number of amides is 2. The Morgan fingerprint density at radius 1 is 1.11 bits per heavy atom. The second kappa shape index (κ2) is 9.50. The molecule has 1 saturated carbocycles. The maximum atomic E-state index is 12.5. The lowest BCUT2D eigenvalue weighted by atomic mass is 9.98. The van der Waals surface area contributed by atoms with E-state index in [1.54, 1.807) is 6.92 Å². The van der Waals surface area contributed by atoms with Crippen molar-refractivity contribution in [3.8, 4) is 11.1 Å². The molecule has 1 heterocycles. The Bertz CT molecular complexity index is 1240. The highest BCUT2D eigenvalue weighted by atomic mass is 32.1. The van der Waals surface area contributed by atoms with Gasteiger partial charge in [0.2, 0.25) is 5.91 Å². The van der Waals surface area contributed by atoms with Gasteiger partial charge in [-0.1, -0.05) is 48.5 Å². The van der Waals surface area contributed by atoms with Gasteiger partial charge in [-0.3, -0.25) is 4.79 Å². The molecule has 0 radical (unpaired) electrons. The molecule has 2 aliphatic rings. The van der Waals surface area contributed by atoms with Crippen LogP contribution in [0.25, 0.3) is 11.1 Å². The minimum atomic E-state index is -1.09. The summed E-state index contributed by atoms with van der Waals surface area (Å²) in [6.45, 7) is 2.39. The lowest BCUT2D eigenvalue weighted by Gasteiger charge is -2.14. The summed E-state index contributed by atoms with van der Waals surface area (Å²) >= 11 is 1.20. The molecule has 0 bridgehead atoms. The third-order valence-corrected chi connectivity index (χ3v) is 7.61. The summed E-state index contributed by atoms with van der Waals surface area (Å²) < 4.78 is 5.55. The molecule has 0 saturated heterocycles. The Morgan fingerprint density at radius 2 is 1.77 bits per heavy atom. The van der Waals surface area contributed by atoms with E-state index in [0.717, 1.165) is 11.1 Å². The number of hydrogen-bond acceptors (Lipinski definition) is 6. The van der Waals surface area contributed by atoms with Gasteiger partial charge in [0.15, 0.2) is 5.69 Å². The van der Waals surface area contributed by atoms with Gasteiger partial charge in [-0.15, -0.1) is 11.3 Å². The first-order chi connectivity index (χ1) is 16.9. The van der Waals surface area contributed by atoms with Gasteiger partial charge in [0.05, 0.1) is 6.04 Å². The fraction of sp³-hybridized carbons (Fsp3) is 0.308. The van der Waals surface area contributed by atoms with E-state index in [9.17, 15) is 14.4 Å². The molecule has 1 fully saturated rings. The van der Waals surface area contributed by atoms with E-state index in [0.29, 0.717) is 18.0 Å². The Labute approximate surface area is 206 Å². The summed E-state index contributed by atoms with van der Waals surface area (Å²) in [6, 6.07) is 16.0. The summed E-state index contributed by atoms with van der Waals surface area (Å²) in [5, 5.41) is 16.7. The van der Waals surface area contributed by atoms with Gasteiger partial charge in [0.1, 0.15) is 11.6 Å². The van der Waals surface area contributed by atoms with Crippen molar-refractivity contribution in [1.82, 2.24) is 15.6 Å². The molecule has 5 rings (SSSR count). The molecule has 1 aromatic heterocycles. The zero-order valence-corrected chi connectivity index (χ0v) is 19.9. The molecule has 3 unspecified atom stereocenters. The van der Waals surface area contributed by atoms with Crippen molar-refractivity contribution in [2.24, 2.45) is 11.8 Å². The number of carbonyl (C=O) groups is 3. The number of nitrogens with one attached hydrogen (secondary N) is 2. The van der Waals surface area contributed by atoms with E-state index in [-0.39, 0.29) is 42.0 Å². The number of alkyl carbamates (subject to hydrolysis) is 1. The van der Waals surface area contributed by atoms with Crippen LogP contribution in [0.15, 0.2) is 53.9 Å². The summed E-state index contributed by atoms with van der Waals surface area (Å²) in [5.41, 5.74) is 4.64. The molecular weight excluding hydrogens is 466 g/mol. The van der Waals surface area contributed by atoms with Gasteiger partial charge < -0.3 is 20.5 Å². The highest BCUT2D eigenvalue weighted by molar-refractivity contribution is 7.09. The zero-order chi connectivity index (χ0) is 24.5. The van der Waals surface area contributed by atoms with Gasteiger partial charge in [0.25, 0.3) is 0 Å². The number of thiazole rings is 1. The summed E-state index contributed by atoms with van der Waals surface area (Å²) in [6.07, 6.45) is 0.191. The number of carbonyl (C=O) groups excluding carboxylic acids is 2. The number of carboxylic acids is 1. The summed E-state index contributed by atoms with van der Waals surface area (Å²) in [4.78, 5) is 39.9. The second-order valence-corrected chi connectivity index (χ2v) is 9.80. The standard InChI is InChI=1S/C26H25N3O5S/c1-14(24-29-22(13-35-24)25(31)32)28-23(30)20-10-15(20)11-27-26(33)34-12-21-18-8-4-2-6-16(18)17-7-3-5-9-19(17)21/h2-9,13-15,20-21H,10-12H2,1H3,(H,27,33)(H,28,30)(H,31,32). The second-order valence-electron chi connectivity index (χ2n) is 8.92. The topological polar surface area (TPSA) is 118 Å². The fourth-order valence-corrected chi connectivity index (χ4v) is 5.43. The molecule has 2 aromatic carbocycles. The lowest BCUT2D eigenvalue weighted by molar-refractivity contribution is -0.123. The summed E-state index contributed by atoms with van der Waals surface area (Å²) in [5.74, 6) is -1.35. The van der Waals surface area contributed by atoms with Crippen molar-refractivity contribution in [3.63, 3.8) is 0 Å². The van der Waals surface area contributed by atoms with Crippen LogP contribution in [0.2, 0.25) is 0 Å². The fourth-order valence-electron chi connectivity index (χ4n) is 4.63. The van der Waals surface area contributed by atoms with Gasteiger partial charge in [-0.2, -0.15) is 0 Å². The molecule has 2 aliphatic carbocycles. The smallest absolute Gasteiger partial charge is 0.407 e. The van der Waals surface area contributed by atoms with Gasteiger partial charge in [-0.25, -0.2) is 14.6 Å². The molecule has 2 amide bonds. The minimum absolute atomic E-state index is 0.00147.